The van der Waals surface area contributed by atoms with Crippen LogP contribution in [0.15, 0.2) is 35.0 Å². The molecule has 1 N–H and O–H groups in total. The lowest BCUT2D eigenvalue weighted by atomic mass is 10.1. The zero-order valence-corrected chi connectivity index (χ0v) is 13.6. The van der Waals surface area contributed by atoms with Crippen LogP contribution in [0, 0.1) is 0 Å². The molecule has 1 aromatic heterocycles. The molecular weight excluding hydrogens is 302 g/mol. The molecule has 0 bridgehead atoms. The number of methoxy groups -OCH3 is 3. The Morgan fingerprint density at radius 3 is 2.64 bits per heavy atom. The van der Waals surface area contributed by atoms with E-state index in [1.807, 2.05) is 16.8 Å². The van der Waals surface area contributed by atoms with Crippen LogP contribution >= 0.6 is 11.3 Å². The van der Waals surface area contributed by atoms with Gasteiger partial charge in [0.05, 0.1) is 19.8 Å². The number of hydrogen-bond acceptors (Lipinski definition) is 5. The first-order chi connectivity index (χ1) is 10.7. The van der Waals surface area contributed by atoms with Crippen LogP contribution in [0.5, 0.6) is 11.5 Å². The number of benzene rings is 1. The van der Waals surface area contributed by atoms with E-state index in [1.165, 1.54) is 14.2 Å². The quantitative estimate of drug-likeness (QED) is 0.852. The monoisotopic (exact) mass is 321 g/mol. The van der Waals surface area contributed by atoms with E-state index >= 15 is 0 Å². The van der Waals surface area contributed by atoms with E-state index < -0.39 is 0 Å². The first kappa shape index (κ1) is 16.3. The van der Waals surface area contributed by atoms with E-state index in [4.69, 9.17) is 14.2 Å². The van der Waals surface area contributed by atoms with Crippen LogP contribution in [0.3, 0.4) is 0 Å². The Labute approximate surface area is 133 Å². The average molecular weight is 321 g/mol. The maximum absolute atomic E-state index is 12.4. The Kier molecular flexibility index (Phi) is 5.80. The van der Waals surface area contributed by atoms with Crippen molar-refractivity contribution in [3.05, 3.63) is 46.2 Å². The van der Waals surface area contributed by atoms with Crippen LogP contribution in [0.4, 0.5) is 0 Å². The van der Waals surface area contributed by atoms with Gasteiger partial charge in [-0.15, -0.1) is 0 Å². The highest BCUT2D eigenvalue weighted by Gasteiger charge is 2.18. The van der Waals surface area contributed by atoms with Crippen molar-refractivity contribution in [3.8, 4) is 11.5 Å². The summed E-state index contributed by atoms with van der Waals surface area (Å²) in [5, 5.41) is 6.86. The molecule has 0 aliphatic rings. The molecule has 2 rings (SSSR count). The molecule has 1 amide bonds. The second-order valence-electron chi connectivity index (χ2n) is 4.53. The third kappa shape index (κ3) is 3.58. The number of carbonyl (C=O) groups is 1. The molecule has 0 fully saturated rings. The number of nitrogens with one attached hydrogen (secondary N) is 1. The van der Waals surface area contributed by atoms with Gasteiger partial charge in [0.25, 0.3) is 5.91 Å². The Morgan fingerprint density at radius 2 is 2.05 bits per heavy atom. The highest BCUT2D eigenvalue weighted by atomic mass is 32.1. The largest absolute Gasteiger partial charge is 0.493 e. The summed E-state index contributed by atoms with van der Waals surface area (Å²) < 4.78 is 15.9. The zero-order chi connectivity index (χ0) is 15.9. The summed E-state index contributed by atoms with van der Waals surface area (Å²) >= 11 is 1.60. The number of amides is 1. The third-order valence-electron chi connectivity index (χ3n) is 3.30. The molecule has 0 aliphatic heterocycles. The number of ether oxygens (including phenoxy) is 3. The average Bonchev–Trinajstić information content (AvgIpc) is 3.08. The lowest BCUT2D eigenvalue weighted by Crippen LogP contribution is -2.29. The third-order valence-corrected chi connectivity index (χ3v) is 4.00. The number of rotatable bonds is 7. The maximum atomic E-state index is 12.4. The number of para-hydroxylation sites is 1. The van der Waals surface area contributed by atoms with Crippen LogP contribution < -0.4 is 14.8 Å². The minimum atomic E-state index is -0.229. The summed E-state index contributed by atoms with van der Waals surface area (Å²) in [6.45, 7) is 0.381. The van der Waals surface area contributed by atoms with Crippen molar-refractivity contribution in [1.29, 1.82) is 0 Å². The van der Waals surface area contributed by atoms with E-state index in [2.05, 4.69) is 5.32 Å². The standard InChI is InChI=1S/C16H19NO4S/c1-19-13-6-4-5-12(15(13)21-3)16(18)17-9-14(20-2)11-7-8-22-10-11/h4-8,10,14H,9H2,1-3H3,(H,17,18). The van der Waals surface area contributed by atoms with Gasteiger partial charge in [0, 0.05) is 13.7 Å². The van der Waals surface area contributed by atoms with Gasteiger partial charge in [0.15, 0.2) is 11.5 Å². The SMILES string of the molecule is COc1cccc(C(=O)NCC(OC)c2ccsc2)c1OC. The molecule has 0 saturated heterocycles. The fourth-order valence-electron chi connectivity index (χ4n) is 2.14. The van der Waals surface area contributed by atoms with Gasteiger partial charge in [-0.3, -0.25) is 4.79 Å². The minimum absolute atomic E-state index is 0.174. The summed E-state index contributed by atoms with van der Waals surface area (Å²) in [7, 11) is 4.68. The van der Waals surface area contributed by atoms with E-state index in [9.17, 15) is 4.79 Å². The number of thiophene rings is 1. The molecule has 0 spiro atoms. The molecule has 0 aliphatic carbocycles. The molecular formula is C16H19NO4S. The summed E-state index contributed by atoms with van der Waals surface area (Å²) in [5.41, 5.74) is 1.48. The molecule has 0 radical (unpaired) electrons. The van der Waals surface area contributed by atoms with Crippen molar-refractivity contribution in [1.82, 2.24) is 5.32 Å². The second kappa shape index (κ2) is 7.82. The molecule has 1 aromatic carbocycles. The lowest BCUT2D eigenvalue weighted by molar-refractivity contribution is 0.0826. The van der Waals surface area contributed by atoms with E-state index in [1.54, 1.807) is 36.6 Å². The fourth-order valence-corrected chi connectivity index (χ4v) is 2.84. The summed E-state index contributed by atoms with van der Waals surface area (Å²) in [5.74, 6) is 0.719. The predicted octanol–water partition coefficient (Wildman–Crippen LogP) is 2.88. The second-order valence-corrected chi connectivity index (χ2v) is 5.31. The zero-order valence-electron chi connectivity index (χ0n) is 12.8. The van der Waals surface area contributed by atoms with Gasteiger partial charge in [-0.2, -0.15) is 11.3 Å². The van der Waals surface area contributed by atoms with E-state index in [0.29, 0.717) is 23.6 Å². The molecule has 5 nitrogen and oxygen atoms in total. The number of hydrogen-bond donors (Lipinski definition) is 1. The highest BCUT2D eigenvalue weighted by molar-refractivity contribution is 7.07. The van der Waals surface area contributed by atoms with Crippen LogP contribution in [0.2, 0.25) is 0 Å². The summed E-state index contributed by atoms with van der Waals surface area (Å²) in [6, 6.07) is 7.18. The van der Waals surface area contributed by atoms with Gasteiger partial charge in [0.1, 0.15) is 6.10 Å². The van der Waals surface area contributed by atoms with Crippen molar-refractivity contribution in [3.63, 3.8) is 0 Å². The van der Waals surface area contributed by atoms with E-state index in [-0.39, 0.29) is 12.0 Å². The molecule has 118 valence electrons. The minimum Gasteiger partial charge on any atom is -0.493 e. The van der Waals surface area contributed by atoms with Gasteiger partial charge >= 0.3 is 0 Å². The molecule has 0 saturated carbocycles. The first-order valence-electron chi connectivity index (χ1n) is 6.75. The van der Waals surface area contributed by atoms with Crippen LogP contribution in [-0.4, -0.2) is 33.8 Å². The van der Waals surface area contributed by atoms with Gasteiger partial charge in [-0.05, 0) is 34.5 Å². The van der Waals surface area contributed by atoms with Gasteiger partial charge in [-0.1, -0.05) is 6.07 Å². The molecule has 1 unspecified atom stereocenters. The van der Waals surface area contributed by atoms with Gasteiger partial charge < -0.3 is 19.5 Å². The molecule has 6 heteroatoms. The molecule has 2 aromatic rings. The van der Waals surface area contributed by atoms with Crippen molar-refractivity contribution >= 4 is 17.2 Å². The van der Waals surface area contributed by atoms with Gasteiger partial charge in [0.2, 0.25) is 0 Å². The van der Waals surface area contributed by atoms with Crippen molar-refractivity contribution in [2.75, 3.05) is 27.9 Å². The number of carbonyl (C=O) groups excluding carboxylic acids is 1. The Morgan fingerprint density at radius 1 is 1.23 bits per heavy atom. The highest BCUT2D eigenvalue weighted by Crippen LogP contribution is 2.30. The Balaban J connectivity index is 2.09. The molecule has 1 atom stereocenters. The molecule has 22 heavy (non-hydrogen) atoms. The van der Waals surface area contributed by atoms with Crippen molar-refractivity contribution < 1.29 is 19.0 Å². The van der Waals surface area contributed by atoms with Crippen molar-refractivity contribution in [2.45, 2.75) is 6.10 Å². The van der Waals surface area contributed by atoms with Gasteiger partial charge in [-0.25, -0.2) is 0 Å². The Bertz CT molecular complexity index is 613. The van der Waals surface area contributed by atoms with Crippen molar-refractivity contribution in [2.24, 2.45) is 0 Å². The predicted molar refractivity (Wildman–Crippen MR) is 85.9 cm³/mol. The van der Waals surface area contributed by atoms with E-state index in [0.717, 1.165) is 5.56 Å². The Hall–Kier alpha value is -2.05. The summed E-state index contributed by atoms with van der Waals surface area (Å²) in [4.78, 5) is 12.4. The fraction of sp³-hybridized carbons (Fsp3) is 0.312. The maximum Gasteiger partial charge on any atom is 0.255 e. The normalized spacial score (nSPS) is 11.8. The van der Waals surface area contributed by atoms with Crippen LogP contribution in [-0.2, 0) is 4.74 Å². The van der Waals surface area contributed by atoms with Crippen LogP contribution in [0.25, 0.3) is 0 Å². The summed E-state index contributed by atoms with van der Waals surface area (Å²) in [6.07, 6.45) is -0.174. The lowest BCUT2D eigenvalue weighted by Gasteiger charge is -2.16. The first-order valence-corrected chi connectivity index (χ1v) is 7.69. The smallest absolute Gasteiger partial charge is 0.255 e. The van der Waals surface area contributed by atoms with Crippen LogP contribution in [0.1, 0.15) is 22.0 Å². The topological polar surface area (TPSA) is 56.8 Å². The molecule has 1 heterocycles.